The Morgan fingerprint density at radius 1 is 1.26 bits per heavy atom. The minimum atomic E-state index is -0.386. The molecule has 154 valence electrons. The van der Waals surface area contributed by atoms with E-state index in [1.807, 2.05) is 6.92 Å². The third-order valence-corrected chi connectivity index (χ3v) is 4.56. The van der Waals surface area contributed by atoms with Crippen LogP contribution in [0.5, 0.6) is 0 Å². The number of aliphatic imine (C=N–C) groups is 1. The van der Waals surface area contributed by atoms with Crippen molar-refractivity contribution in [2.45, 2.75) is 64.7 Å². The standard InChI is InChI=1S/C20H32FN3O2.HI/c1-2-22-20(23-11-6-12-26-18-7-4-3-5-8-18)24-14-16-9-10-19(21)17(13-16)15-25;/h9-10,13,18,25H,2-8,11-12,14-15H2,1H3,(H2,22,23,24);1H. The van der Waals surface area contributed by atoms with Crippen molar-refractivity contribution in [3.05, 3.63) is 35.1 Å². The predicted octanol–water partition coefficient (Wildman–Crippen LogP) is 3.73. The third-order valence-electron chi connectivity index (χ3n) is 4.56. The molecule has 27 heavy (non-hydrogen) atoms. The summed E-state index contributed by atoms with van der Waals surface area (Å²) >= 11 is 0. The average molecular weight is 493 g/mol. The number of rotatable bonds is 9. The minimum absolute atomic E-state index is 0. The monoisotopic (exact) mass is 493 g/mol. The zero-order valence-electron chi connectivity index (χ0n) is 16.2. The smallest absolute Gasteiger partial charge is 0.191 e. The van der Waals surface area contributed by atoms with E-state index in [0.717, 1.165) is 37.6 Å². The number of hydrogen-bond donors (Lipinski definition) is 3. The van der Waals surface area contributed by atoms with Crippen LogP contribution in [-0.2, 0) is 17.9 Å². The number of aliphatic hydroxyl groups excluding tert-OH is 1. The lowest BCUT2D eigenvalue weighted by Gasteiger charge is -2.22. The second-order valence-electron chi connectivity index (χ2n) is 6.69. The van der Waals surface area contributed by atoms with Crippen LogP contribution in [0.4, 0.5) is 4.39 Å². The summed E-state index contributed by atoms with van der Waals surface area (Å²) in [6.07, 6.45) is 7.72. The van der Waals surface area contributed by atoms with Crippen molar-refractivity contribution in [1.29, 1.82) is 0 Å². The first-order valence-electron chi connectivity index (χ1n) is 9.75. The van der Waals surface area contributed by atoms with Crippen molar-refractivity contribution in [1.82, 2.24) is 10.6 Å². The van der Waals surface area contributed by atoms with Crippen molar-refractivity contribution in [2.75, 3.05) is 19.7 Å². The molecule has 1 saturated carbocycles. The summed E-state index contributed by atoms with van der Waals surface area (Å²) in [5.74, 6) is 0.350. The quantitative estimate of drug-likeness (QED) is 0.212. The molecule has 1 fully saturated rings. The van der Waals surface area contributed by atoms with E-state index in [0.29, 0.717) is 18.2 Å². The van der Waals surface area contributed by atoms with Crippen molar-refractivity contribution >= 4 is 29.9 Å². The molecule has 0 radical (unpaired) electrons. The van der Waals surface area contributed by atoms with Gasteiger partial charge in [0.15, 0.2) is 5.96 Å². The van der Waals surface area contributed by atoms with E-state index < -0.39 is 0 Å². The molecule has 0 heterocycles. The maximum absolute atomic E-state index is 13.4. The molecule has 0 atom stereocenters. The zero-order chi connectivity index (χ0) is 18.6. The molecule has 7 heteroatoms. The fourth-order valence-corrected chi connectivity index (χ4v) is 3.12. The molecule has 1 aromatic rings. The van der Waals surface area contributed by atoms with Gasteiger partial charge < -0.3 is 20.5 Å². The molecule has 0 saturated heterocycles. The molecular formula is C20H33FIN3O2. The highest BCUT2D eigenvalue weighted by molar-refractivity contribution is 14.0. The number of ether oxygens (including phenoxy) is 1. The summed E-state index contributed by atoms with van der Waals surface area (Å²) in [4.78, 5) is 4.53. The number of hydrogen-bond acceptors (Lipinski definition) is 3. The van der Waals surface area contributed by atoms with Gasteiger partial charge in [0.2, 0.25) is 0 Å². The minimum Gasteiger partial charge on any atom is -0.392 e. The topological polar surface area (TPSA) is 65.9 Å². The lowest BCUT2D eigenvalue weighted by Crippen LogP contribution is -2.38. The van der Waals surface area contributed by atoms with Gasteiger partial charge in [-0.25, -0.2) is 9.38 Å². The van der Waals surface area contributed by atoms with Gasteiger partial charge in [-0.2, -0.15) is 0 Å². The average Bonchev–Trinajstić information content (AvgIpc) is 2.67. The predicted molar refractivity (Wildman–Crippen MR) is 118 cm³/mol. The summed E-state index contributed by atoms with van der Waals surface area (Å²) < 4.78 is 19.4. The zero-order valence-corrected chi connectivity index (χ0v) is 18.5. The number of guanidine groups is 1. The Morgan fingerprint density at radius 3 is 2.74 bits per heavy atom. The van der Waals surface area contributed by atoms with Gasteiger partial charge in [0.05, 0.1) is 19.3 Å². The third kappa shape index (κ3) is 9.21. The van der Waals surface area contributed by atoms with Gasteiger partial charge >= 0.3 is 0 Å². The van der Waals surface area contributed by atoms with Gasteiger partial charge in [-0.3, -0.25) is 0 Å². The summed E-state index contributed by atoms with van der Waals surface area (Å²) in [5.41, 5.74) is 1.17. The molecule has 0 aromatic heterocycles. The molecule has 0 amide bonds. The van der Waals surface area contributed by atoms with Crippen LogP contribution in [0, 0.1) is 5.82 Å². The Labute approximate surface area is 179 Å². The molecule has 1 aliphatic carbocycles. The SMILES string of the molecule is CCNC(=NCc1ccc(F)c(CO)c1)NCCCOC1CCCCC1.I. The van der Waals surface area contributed by atoms with Crippen molar-refractivity contribution in [3.63, 3.8) is 0 Å². The summed E-state index contributed by atoms with van der Waals surface area (Å²) in [6.45, 7) is 4.49. The van der Waals surface area contributed by atoms with Gasteiger partial charge in [-0.05, 0) is 43.9 Å². The first-order chi connectivity index (χ1) is 12.7. The molecule has 3 N–H and O–H groups in total. The van der Waals surface area contributed by atoms with Crippen molar-refractivity contribution < 1.29 is 14.2 Å². The van der Waals surface area contributed by atoms with Gasteiger partial charge in [-0.15, -0.1) is 24.0 Å². The highest BCUT2D eigenvalue weighted by Gasteiger charge is 2.13. The second-order valence-corrected chi connectivity index (χ2v) is 6.69. The molecule has 1 aromatic carbocycles. The van der Waals surface area contributed by atoms with Crippen LogP contribution in [0.2, 0.25) is 0 Å². The van der Waals surface area contributed by atoms with E-state index in [9.17, 15) is 4.39 Å². The summed E-state index contributed by atoms with van der Waals surface area (Å²) in [6, 6.07) is 4.72. The van der Waals surface area contributed by atoms with Crippen molar-refractivity contribution in [3.8, 4) is 0 Å². The van der Waals surface area contributed by atoms with Crippen LogP contribution in [0.3, 0.4) is 0 Å². The molecule has 0 aliphatic heterocycles. The Morgan fingerprint density at radius 2 is 2.04 bits per heavy atom. The second kappa shape index (κ2) is 14.1. The fraction of sp³-hybridized carbons (Fsp3) is 0.650. The Balaban J connectivity index is 0.00000364. The van der Waals surface area contributed by atoms with Gasteiger partial charge in [0.1, 0.15) is 5.82 Å². The molecule has 0 spiro atoms. The normalized spacial score (nSPS) is 15.3. The molecule has 5 nitrogen and oxygen atoms in total. The highest BCUT2D eigenvalue weighted by atomic mass is 127. The van der Waals surface area contributed by atoms with Gasteiger partial charge in [-0.1, -0.05) is 25.3 Å². The van der Waals surface area contributed by atoms with Crippen LogP contribution in [0.1, 0.15) is 56.6 Å². The van der Waals surface area contributed by atoms with E-state index in [4.69, 9.17) is 9.84 Å². The molecule has 0 unspecified atom stereocenters. The summed E-state index contributed by atoms with van der Waals surface area (Å²) in [7, 11) is 0. The van der Waals surface area contributed by atoms with E-state index in [1.54, 1.807) is 12.1 Å². The number of benzene rings is 1. The van der Waals surface area contributed by atoms with Gasteiger partial charge in [0.25, 0.3) is 0 Å². The van der Waals surface area contributed by atoms with E-state index >= 15 is 0 Å². The highest BCUT2D eigenvalue weighted by Crippen LogP contribution is 2.20. The van der Waals surface area contributed by atoms with Crippen LogP contribution >= 0.6 is 24.0 Å². The summed E-state index contributed by atoms with van der Waals surface area (Å²) in [5, 5.41) is 15.7. The van der Waals surface area contributed by atoms with Crippen LogP contribution in [0.15, 0.2) is 23.2 Å². The molecule has 0 bridgehead atoms. The molecule has 1 aliphatic rings. The molecule has 2 rings (SSSR count). The lowest BCUT2D eigenvalue weighted by molar-refractivity contribution is 0.0277. The van der Waals surface area contributed by atoms with E-state index in [2.05, 4.69) is 15.6 Å². The number of halogens is 2. The molecular weight excluding hydrogens is 460 g/mol. The number of aliphatic hydroxyl groups is 1. The van der Waals surface area contributed by atoms with Crippen molar-refractivity contribution in [2.24, 2.45) is 4.99 Å². The Kier molecular flexibility index (Phi) is 12.6. The maximum Gasteiger partial charge on any atom is 0.191 e. The van der Waals surface area contributed by atoms with Crippen LogP contribution in [-0.4, -0.2) is 36.9 Å². The van der Waals surface area contributed by atoms with Gasteiger partial charge in [0, 0.05) is 25.3 Å². The van der Waals surface area contributed by atoms with Crippen LogP contribution in [0.25, 0.3) is 0 Å². The largest absolute Gasteiger partial charge is 0.392 e. The number of nitrogens with one attached hydrogen (secondary N) is 2. The fourth-order valence-electron chi connectivity index (χ4n) is 3.12. The van der Waals surface area contributed by atoms with E-state index in [-0.39, 0.29) is 36.4 Å². The first-order valence-corrected chi connectivity index (χ1v) is 9.75. The van der Waals surface area contributed by atoms with E-state index in [1.165, 1.54) is 38.2 Å². The van der Waals surface area contributed by atoms with Crippen LogP contribution < -0.4 is 10.6 Å². The maximum atomic E-state index is 13.4. The Bertz CT molecular complexity index is 566. The Hall–Kier alpha value is -0.930. The number of nitrogens with zero attached hydrogens (tertiary/aromatic N) is 1. The first kappa shape index (κ1) is 24.1. The lowest BCUT2D eigenvalue weighted by atomic mass is 9.98.